The third kappa shape index (κ3) is 5.93. The van der Waals surface area contributed by atoms with Gasteiger partial charge >= 0.3 is 5.97 Å². The summed E-state index contributed by atoms with van der Waals surface area (Å²) in [5.74, 6) is -0.852. The number of esters is 1. The Morgan fingerprint density at radius 2 is 1.74 bits per heavy atom. The second-order valence-corrected chi connectivity index (χ2v) is 5.64. The Kier molecular flexibility index (Phi) is 6.44. The van der Waals surface area contributed by atoms with Crippen molar-refractivity contribution >= 4 is 40.8 Å². The van der Waals surface area contributed by atoms with Gasteiger partial charge in [-0.3, -0.25) is 9.59 Å². The van der Waals surface area contributed by atoms with E-state index in [0.717, 1.165) is 5.56 Å². The molecule has 0 radical (unpaired) electrons. The summed E-state index contributed by atoms with van der Waals surface area (Å²) in [6.07, 6.45) is 0.804. The topological polar surface area (TPSA) is 55.4 Å². The Bertz CT molecular complexity index is 689. The highest BCUT2D eigenvalue weighted by molar-refractivity contribution is 6.42. The molecular weight excluding hydrogens is 337 g/mol. The minimum atomic E-state index is -0.434. The normalized spacial score (nSPS) is 10.2. The molecular formula is C17H15Cl2NO3. The van der Waals surface area contributed by atoms with Crippen molar-refractivity contribution in [2.24, 2.45) is 0 Å². The summed E-state index contributed by atoms with van der Waals surface area (Å²) in [7, 11) is 0. The number of benzene rings is 2. The van der Waals surface area contributed by atoms with Gasteiger partial charge in [-0.15, -0.1) is 0 Å². The molecule has 0 aliphatic rings. The van der Waals surface area contributed by atoms with Crippen LogP contribution in [0.2, 0.25) is 10.0 Å². The second-order valence-electron chi connectivity index (χ2n) is 4.82. The first-order chi connectivity index (χ1) is 11.0. The van der Waals surface area contributed by atoms with E-state index in [9.17, 15) is 9.59 Å². The molecule has 4 nitrogen and oxygen atoms in total. The number of hydrogen-bond donors (Lipinski definition) is 1. The van der Waals surface area contributed by atoms with E-state index in [-0.39, 0.29) is 13.0 Å². The molecule has 2 aromatic rings. The fourth-order valence-electron chi connectivity index (χ4n) is 1.88. The Labute approximate surface area is 144 Å². The van der Waals surface area contributed by atoms with Gasteiger partial charge in [0.15, 0.2) is 6.61 Å². The van der Waals surface area contributed by atoms with Crippen molar-refractivity contribution in [3.63, 3.8) is 0 Å². The zero-order valence-electron chi connectivity index (χ0n) is 12.2. The van der Waals surface area contributed by atoms with Crippen LogP contribution in [0.25, 0.3) is 0 Å². The van der Waals surface area contributed by atoms with Crippen LogP contribution in [0.4, 0.5) is 5.69 Å². The molecule has 0 bridgehead atoms. The largest absolute Gasteiger partial charge is 0.456 e. The molecule has 6 heteroatoms. The number of halogens is 2. The minimum absolute atomic E-state index is 0.226. The molecule has 0 atom stereocenters. The maximum absolute atomic E-state index is 11.7. The van der Waals surface area contributed by atoms with Crippen LogP contribution in [0, 0.1) is 0 Å². The summed E-state index contributed by atoms with van der Waals surface area (Å²) in [5, 5.41) is 3.32. The van der Waals surface area contributed by atoms with Gasteiger partial charge in [0, 0.05) is 12.1 Å². The molecule has 2 aromatic carbocycles. The van der Waals surface area contributed by atoms with Gasteiger partial charge in [-0.25, -0.2) is 0 Å². The van der Waals surface area contributed by atoms with E-state index in [4.69, 9.17) is 27.9 Å². The Balaban J connectivity index is 1.73. The standard InChI is InChI=1S/C17H15Cl2NO3/c18-14-8-7-13(10-15(14)19)20-16(21)11-23-17(22)9-6-12-4-2-1-3-5-12/h1-5,7-8,10H,6,9,11H2,(H,20,21). The summed E-state index contributed by atoms with van der Waals surface area (Å²) in [4.78, 5) is 23.4. The van der Waals surface area contributed by atoms with Crippen LogP contribution in [0.15, 0.2) is 48.5 Å². The number of hydrogen-bond acceptors (Lipinski definition) is 3. The number of amides is 1. The zero-order valence-corrected chi connectivity index (χ0v) is 13.7. The lowest BCUT2D eigenvalue weighted by atomic mass is 10.1. The van der Waals surface area contributed by atoms with E-state index in [1.165, 1.54) is 6.07 Å². The third-order valence-electron chi connectivity index (χ3n) is 3.03. The van der Waals surface area contributed by atoms with Crippen LogP contribution >= 0.6 is 23.2 Å². The molecule has 0 saturated carbocycles. The smallest absolute Gasteiger partial charge is 0.306 e. The highest BCUT2D eigenvalue weighted by atomic mass is 35.5. The van der Waals surface area contributed by atoms with Crippen molar-refractivity contribution in [3.05, 3.63) is 64.1 Å². The number of rotatable bonds is 6. The van der Waals surface area contributed by atoms with Gasteiger partial charge in [0.1, 0.15) is 0 Å². The average Bonchev–Trinajstić information content (AvgIpc) is 2.55. The zero-order chi connectivity index (χ0) is 16.7. The van der Waals surface area contributed by atoms with Gasteiger partial charge in [-0.2, -0.15) is 0 Å². The summed E-state index contributed by atoms with van der Waals surface area (Å²) in [6.45, 7) is -0.339. The highest BCUT2D eigenvalue weighted by Crippen LogP contribution is 2.24. The molecule has 0 unspecified atom stereocenters. The summed E-state index contributed by atoms with van der Waals surface area (Å²) in [6, 6.07) is 14.3. The lowest BCUT2D eigenvalue weighted by Crippen LogP contribution is -2.21. The molecule has 2 rings (SSSR count). The van der Waals surface area contributed by atoms with Gasteiger partial charge in [0.25, 0.3) is 5.91 Å². The number of nitrogens with one attached hydrogen (secondary N) is 1. The third-order valence-corrected chi connectivity index (χ3v) is 3.77. The fraction of sp³-hybridized carbons (Fsp3) is 0.176. The van der Waals surface area contributed by atoms with E-state index in [1.807, 2.05) is 30.3 Å². The molecule has 0 aliphatic heterocycles. The Hall–Kier alpha value is -2.04. The van der Waals surface area contributed by atoms with Crippen molar-refractivity contribution in [2.45, 2.75) is 12.8 Å². The van der Waals surface area contributed by atoms with Crippen LogP contribution in [-0.2, 0) is 20.7 Å². The highest BCUT2D eigenvalue weighted by Gasteiger charge is 2.09. The van der Waals surface area contributed by atoms with Crippen molar-refractivity contribution in [1.82, 2.24) is 0 Å². The number of carbonyl (C=O) groups excluding carboxylic acids is 2. The summed E-state index contributed by atoms with van der Waals surface area (Å²) in [5.41, 5.74) is 1.54. The van der Waals surface area contributed by atoms with E-state index in [1.54, 1.807) is 12.1 Å². The van der Waals surface area contributed by atoms with E-state index >= 15 is 0 Å². The van der Waals surface area contributed by atoms with E-state index < -0.39 is 11.9 Å². The average molecular weight is 352 g/mol. The fourth-order valence-corrected chi connectivity index (χ4v) is 2.18. The van der Waals surface area contributed by atoms with Crippen LogP contribution in [0.3, 0.4) is 0 Å². The maximum Gasteiger partial charge on any atom is 0.306 e. The van der Waals surface area contributed by atoms with Crippen LogP contribution in [0.5, 0.6) is 0 Å². The lowest BCUT2D eigenvalue weighted by Gasteiger charge is -2.07. The van der Waals surface area contributed by atoms with Crippen LogP contribution < -0.4 is 5.32 Å². The number of anilines is 1. The molecule has 0 saturated heterocycles. The van der Waals surface area contributed by atoms with Crippen molar-refractivity contribution in [3.8, 4) is 0 Å². The molecule has 0 heterocycles. The molecule has 0 fully saturated rings. The lowest BCUT2D eigenvalue weighted by molar-refractivity contribution is -0.147. The van der Waals surface area contributed by atoms with Crippen molar-refractivity contribution < 1.29 is 14.3 Å². The van der Waals surface area contributed by atoms with Crippen LogP contribution in [-0.4, -0.2) is 18.5 Å². The summed E-state index contributed by atoms with van der Waals surface area (Å²) >= 11 is 11.6. The van der Waals surface area contributed by atoms with E-state index in [2.05, 4.69) is 5.32 Å². The number of ether oxygens (including phenoxy) is 1. The molecule has 120 valence electrons. The minimum Gasteiger partial charge on any atom is -0.456 e. The quantitative estimate of drug-likeness (QED) is 0.796. The SMILES string of the molecule is O=C(COC(=O)CCc1ccccc1)Nc1ccc(Cl)c(Cl)c1. The molecule has 1 amide bonds. The molecule has 0 spiro atoms. The van der Waals surface area contributed by atoms with Crippen molar-refractivity contribution in [1.29, 1.82) is 0 Å². The van der Waals surface area contributed by atoms with Gasteiger partial charge in [0.2, 0.25) is 0 Å². The monoisotopic (exact) mass is 351 g/mol. The van der Waals surface area contributed by atoms with Gasteiger partial charge in [-0.05, 0) is 30.2 Å². The Morgan fingerprint density at radius 3 is 2.43 bits per heavy atom. The first kappa shape index (κ1) is 17.3. The predicted molar refractivity (Wildman–Crippen MR) is 90.8 cm³/mol. The number of aryl methyl sites for hydroxylation is 1. The first-order valence-electron chi connectivity index (χ1n) is 6.99. The summed E-state index contributed by atoms with van der Waals surface area (Å²) < 4.78 is 4.94. The first-order valence-corrected chi connectivity index (χ1v) is 7.74. The second kappa shape index (κ2) is 8.56. The Morgan fingerprint density at radius 1 is 1.00 bits per heavy atom. The van der Waals surface area contributed by atoms with Gasteiger partial charge in [-0.1, -0.05) is 53.5 Å². The molecule has 1 N–H and O–H groups in total. The van der Waals surface area contributed by atoms with Crippen molar-refractivity contribution in [2.75, 3.05) is 11.9 Å². The van der Waals surface area contributed by atoms with Gasteiger partial charge in [0.05, 0.1) is 10.0 Å². The molecule has 23 heavy (non-hydrogen) atoms. The van der Waals surface area contributed by atoms with Gasteiger partial charge < -0.3 is 10.1 Å². The predicted octanol–water partition coefficient (Wildman–Crippen LogP) is 4.11. The number of carbonyl (C=O) groups is 2. The maximum atomic E-state index is 11.7. The molecule has 0 aromatic heterocycles. The molecule has 0 aliphatic carbocycles. The van der Waals surface area contributed by atoms with E-state index in [0.29, 0.717) is 22.2 Å². The van der Waals surface area contributed by atoms with Crippen LogP contribution in [0.1, 0.15) is 12.0 Å².